The van der Waals surface area contributed by atoms with Crippen molar-refractivity contribution in [3.8, 4) is 6.07 Å². The van der Waals surface area contributed by atoms with Crippen molar-refractivity contribution in [3.63, 3.8) is 0 Å². The van der Waals surface area contributed by atoms with Crippen LogP contribution in [-0.2, 0) is 0 Å². The largest absolute Gasteiger partial charge is 0.370 e. The number of hydrogen-bond donors (Lipinski definition) is 2. The molecule has 2 N–H and O–H groups in total. The van der Waals surface area contributed by atoms with E-state index in [2.05, 4.69) is 20.6 Å². The van der Waals surface area contributed by atoms with Gasteiger partial charge in [0.05, 0.1) is 11.3 Å². The Kier molecular flexibility index (Phi) is 4.11. The van der Waals surface area contributed by atoms with Crippen molar-refractivity contribution in [3.05, 3.63) is 41.5 Å². The lowest BCUT2D eigenvalue weighted by Gasteiger charge is -2.12. The third-order valence-corrected chi connectivity index (χ3v) is 2.78. The summed E-state index contributed by atoms with van der Waals surface area (Å²) in [6.07, 6.45) is 1.43. The summed E-state index contributed by atoms with van der Waals surface area (Å²) in [6.45, 7) is 4.59. The average Bonchev–Trinajstić information content (AvgIpc) is 2.45. The Bertz CT molecular complexity index is 663. The Hall–Kier alpha value is -2.68. The van der Waals surface area contributed by atoms with E-state index in [0.29, 0.717) is 11.5 Å². The smallest absolute Gasteiger partial charge is 0.138 e. The van der Waals surface area contributed by atoms with Crippen LogP contribution in [-0.4, -0.2) is 16.5 Å². The van der Waals surface area contributed by atoms with Crippen molar-refractivity contribution < 1.29 is 4.39 Å². The molecule has 0 aliphatic carbocycles. The molecular formula is C14H14FN5. The number of nitrogens with zero attached hydrogens (tertiary/aromatic N) is 3. The molecular weight excluding hydrogens is 257 g/mol. The molecule has 0 fully saturated rings. The molecule has 0 aliphatic rings. The molecule has 0 unspecified atom stereocenters. The molecule has 6 heteroatoms. The van der Waals surface area contributed by atoms with Crippen molar-refractivity contribution in [2.24, 2.45) is 0 Å². The summed E-state index contributed by atoms with van der Waals surface area (Å²) in [5, 5.41) is 15.2. The average molecular weight is 271 g/mol. The first-order valence-corrected chi connectivity index (χ1v) is 6.17. The molecule has 1 aromatic carbocycles. The normalized spacial score (nSPS) is 9.90. The summed E-state index contributed by atoms with van der Waals surface area (Å²) in [4.78, 5) is 8.29. The number of halogens is 1. The molecule has 102 valence electrons. The standard InChI is InChI=1S/C14H14FN5/c1-3-17-13-9(2)14(19-8-18-13)20-12-5-4-11(15)6-10(12)7-16/h4-6,8H,3H2,1-2H3,(H2,17,18,19,20). The summed E-state index contributed by atoms with van der Waals surface area (Å²) in [6, 6.07) is 5.95. The molecule has 0 bridgehead atoms. The summed E-state index contributed by atoms with van der Waals surface area (Å²) in [5.41, 5.74) is 1.58. The highest BCUT2D eigenvalue weighted by molar-refractivity contribution is 5.68. The highest BCUT2D eigenvalue weighted by Crippen LogP contribution is 2.24. The Morgan fingerprint density at radius 3 is 2.75 bits per heavy atom. The van der Waals surface area contributed by atoms with E-state index in [1.54, 1.807) is 0 Å². The predicted molar refractivity (Wildman–Crippen MR) is 75.3 cm³/mol. The van der Waals surface area contributed by atoms with Crippen molar-refractivity contribution >= 4 is 17.3 Å². The zero-order valence-corrected chi connectivity index (χ0v) is 11.2. The first kappa shape index (κ1) is 13.7. The lowest BCUT2D eigenvalue weighted by molar-refractivity contribution is 0.627. The fourth-order valence-electron chi connectivity index (χ4n) is 1.77. The van der Waals surface area contributed by atoms with Gasteiger partial charge in [0.25, 0.3) is 0 Å². The van der Waals surface area contributed by atoms with Crippen LogP contribution in [0.3, 0.4) is 0 Å². The number of nitriles is 1. The third-order valence-electron chi connectivity index (χ3n) is 2.78. The second-order valence-electron chi connectivity index (χ2n) is 4.15. The van der Waals surface area contributed by atoms with Gasteiger partial charge in [-0.15, -0.1) is 0 Å². The molecule has 20 heavy (non-hydrogen) atoms. The van der Waals surface area contributed by atoms with Crippen LogP contribution < -0.4 is 10.6 Å². The van der Waals surface area contributed by atoms with Crippen LogP contribution in [0.15, 0.2) is 24.5 Å². The van der Waals surface area contributed by atoms with E-state index < -0.39 is 5.82 Å². The first-order valence-electron chi connectivity index (χ1n) is 6.17. The molecule has 0 spiro atoms. The van der Waals surface area contributed by atoms with Gasteiger partial charge in [-0.1, -0.05) is 0 Å². The van der Waals surface area contributed by atoms with Gasteiger partial charge in [0.2, 0.25) is 0 Å². The van der Waals surface area contributed by atoms with Crippen LogP contribution >= 0.6 is 0 Å². The van der Waals surface area contributed by atoms with Gasteiger partial charge in [-0.25, -0.2) is 14.4 Å². The van der Waals surface area contributed by atoms with E-state index in [0.717, 1.165) is 17.9 Å². The second-order valence-corrected chi connectivity index (χ2v) is 4.15. The van der Waals surface area contributed by atoms with Crippen molar-refractivity contribution in [1.29, 1.82) is 5.26 Å². The molecule has 0 saturated heterocycles. The highest BCUT2D eigenvalue weighted by Gasteiger charge is 2.09. The highest BCUT2D eigenvalue weighted by atomic mass is 19.1. The van der Waals surface area contributed by atoms with E-state index >= 15 is 0 Å². The molecule has 1 aromatic heterocycles. The molecule has 0 atom stereocenters. The minimum atomic E-state index is -0.445. The zero-order chi connectivity index (χ0) is 14.5. The Morgan fingerprint density at radius 2 is 2.05 bits per heavy atom. The monoisotopic (exact) mass is 271 g/mol. The van der Waals surface area contributed by atoms with Crippen molar-refractivity contribution in [2.45, 2.75) is 13.8 Å². The van der Waals surface area contributed by atoms with E-state index in [1.807, 2.05) is 19.9 Å². The fraction of sp³-hybridized carbons (Fsp3) is 0.214. The van der Waals surface area contributed by atoms with E-state index in [9.17, 15) is 4.39 Å². The van der Waals surface area contributed by atoms with Gasteiger partial charge in [0, 0.05) is 12.1 Å². The number of hydrogen-bond acceptors (Lipinski definition) is 5. The number of rotatable bonds is 4. The molecule has 2 aromatic rings. The van der Waals surface area contributed by atoms with Crippen LogP contribution in [0, 0.1) is 24.1 Å². The third kappa shape index (κ3) is 2.83. The number of nitrogens with one attached hydrogen (secondary N) is 2. The van der Waals surface area contributed by atoms with Gasteiger partial charge in [-0.05, 0) is 32.0 Å². The van der Waals surface area contributed by atoms with E-state index in [1.165, 1.54) is 24.5 Å². The lowest BCUT2D eigenvalue weighted by Crippen LogP contribution is -2.06. The maximum Gasteiger partial charge on any atom is 0.138 e. The second kappa shape index (κ2) is 5.97. The molecule has 1 heterocycles. The predicted octanol–water partition coefficient (Wildman–Crippen LogP) is 2.97. The number of aromatic nitrogens is 2. The topological polar surface area (TPSA) is 73.6 Å². The molecule has 0 amide bonds. The Balaban J connectivity index is 2.36. The fourth-order valence-corrected chi connectivity index (χ4v) is 1.77. The molecule has 0 saturated carbocycles. The van der Waals surface area contributed by atoms with Gasteiger partial charge in [-0.3, -0.25) is 0 Å². The minimum absolute atomic E-state index is 0.230. The Labute approximate surface area is 116 Å². The van der Waals surface area contributed by atoms with Crippen LogP contribution in [0.1, 0.15) is 18.1 Å². The first-order chi connectivity index (χ1) is 9.65. The maximum atomic E-state index is 13.1. The quantitative estimate of drug-likeness (QED) is 0.894. The molecule has 0 radical (unpaired) electrons. The van der Waals surface area contributed by atoms with Gasteiger partial charge in [0.1, 0.15) is 29.8 Å². The summed E-state index contributed by atoms with van der Waals surface area (Å²) < 4.78 is 13.1. The van der Waals surface area contributed by atoms with Gasteiger partial charge in [-0.2, -0.15) is 5.26 Å². The maximum absolute atomic E-state index is 13.1. The van der Waals surface area contributed by atoms with Crippen molar-refractivity contribution in [1.82, 2.24) is 9.97 Å². The Morgan fingerprint density at radius 1 is 1.30 bits per heavy atom. The molecule has 5 nitrogen and oxygen atoms in total. The van der Waals surface area contributed by atoms with Gasteiger partial charge >= 0.3 is 0 Å². The van der Waals surface area contributed by atoms with E-state index in [-0.39, 0.29) is 5.56 Å². The molecule has 2 rings (SSSR count). The SMILES string of the molecule is CCNc1ncnc(Nc2ccc(F)cc2C#N)c1C. The van der Waals surface area contributed by atoms with Gasteiger partial charge < -0.3 is 10.6 Å². The minimum Gasteiger partial charge on any atom is -0.370 e. The number of benzene rings is 1. The van der Waals surface area contributed by atoms with E-state index in [4.69, 9.17) is 5.26 Å². The van der Waals surface area contributed by atoms with Gasteiger partial charge in [0.15, 0.2) is 0 Å². The summed E-state index contributed by atoms with van der Waals surface area (Å²) in [5.74, 6) is 0.865. The zero-order valence-electron chi connectivity index (χ0n) is 11.2. The van der Waals surface area contributed by atoms with Crippen molar-refractivity contribution in [2.75, 3.05) is 17.2 Å². The lowest BCUT2D eigenvalue weighted by atomic mass is 10.2. The van der Waals surface area contributed by atoms with Crippen LogP contribution in [0.5, 0.6) is 0 Å². The summed E-state index contributed by atoms with van der Waals surface area (Å²) >= 11 is 0. The number of anilines is 3. The summed E-state index contributed by atoms with van der Waals surface area (Å²) in [7, 11) is 0. The van der Waals surface area contributed by atoms with Crippen LogP contribution in [0.2, 0.25) is 0 Å². The van der Waals surface area contributed by atoms with Crippen LogP contribution in [0.4, 0.5) is 21.7 Å². The van der Waals surface area contributed by atoms with Crippen LogP contribution in [0.25, 0.3) is 0 Å². The molecule has 0 aliphatic heterocycles.